The molecular formula is C20H22N2O. The summed E-state index contributed by atoms with van der Waals surface area (Å²) in [6, 6.07) is 18.4. The minimum absolute atomic E-state index is 0.432. The van der Waals surface area contributed by atoms with Crippen molar-refractivity contribution in [3.05, 3.63) is 89.5 Å². The second kappa shape index (κ2) is 7.25. The lowest BCUT2D eigenvalue weighted by atomic mass is 10.0. The van der Waals surface area contributed by atoms with Crippen molar-refractivity contribution in [1.29, 1.82) is 0 Å². The quantitative estimate of drug-likeness (QED) is 0.750. The van der Waals surface area contributed by atoms with E-state index < -0.39 is 6.10 Å². The molecule has 2 aromatic carbocycles. The van der Waals surface area contributed by atoms with Crippen LogP contribution >= 0.6 is 0 Å². The number of hydrogen-bond donors (Lipinski definition) is 1. The average molecular weight is 306 g/mol. The van der Waals surface area contributed by atoms with E-state index >= 15 is 0 Å². The molecule has 0 spiro atoms. The van der Waals surface area contributed by atoms with Gasteiger partial charge in [0.25, 0.3) is 0 Å². The van der Waals surface area contributed by atoms with Gasteiger partial charge in [-0.05, 0) is 30.9 Å². The number of benzene rings is 2. The lowest BCUT2D eigenvalue weighted by molar-refractivity contribution is 0.167. The van der Waals surface area contributed by atoms with Gasteiger partial charge in [-0.25, -0.2) is 4.98 Å². The molecule has 0 radical (unpaired) electrons. The molecule has 23 heavy (non-hydrogen) atoms. The Labute approximate surface area is 137 Å². The largest absolute Gasteiger partial charge is 0.388 e. The maximum absolute atomic E-state index is 10.3. The number of aryl methyl sites for hydroxylation is 2. The molecule has 0 saturated carbocycles. The lowest BCUT2D eigenvalue weighted by Gasteiger charge is -2.12. The fourth-order valence-corrected chi connectivity index (χ4v) is 2.72. The Morgan fingerprint density at radius 3 is 2.52 bits per heavy atom. The van der Waals surface area contributed by atoms with Gasteiger partial charge in [-0.1, -0.05) is 60.2 Å². The van der Waals surface area contributed by atoms with E-state index in [-0.39, 0.29) is 0 Å². The molecule has 3 nitrogen and oxygen atoms in total. The second-order valence-corrected chi connectivity index (χ2v) is 5.96. The van der Waals surface area contributed by atoms with Gasteiger partial charge in [-0.2, -0.15) is 0 Å². The third-order valence-corrected chi connectivity index (χ3v) is 4.13. The van der Waals surface area contributed by atoms with Gasteiger partial charge < -0.3 is 9.67 Å². The highest BCUT2D eigenvalue weighted by Crippen LogP contribution is 2.19. The third-order valence-electron chi connectivity index (χ3n) is 4.13. The predicted octanol–water partition coefficient (Wildman–Crippen LogP) is 3.91. The van der Waals surface area contributed by atoms with Gasteiger partial charge in [0.05, 0.1) is 12.4 Å². The normalized spacial score (nSPS) is 12.3. The van der Waals surface area contributed by atoms with Gasteiger partial charge in [-0.3, -0.25) is 0 Å². The second-order valence-electron chi connectivity index (χ2n) is 5.96. The van der Waals surface area contributed by atoms with E-state index in [1.807, 2.05) is 42.9 Å². The molecule has 118 valence electrons. The summed E-state index contributed by atoms with van der Waals surface area (Å²) >= 11 is 0. The average Bonchev–Trinajstić information content (AvgIpc) is 3.02. The SMILES string of the molecule is Cc1ccc(Cn2cncc2CCC(O)c2ccccc2)cc1. The third kappa shape index (κ3) is 4.08. The van der Waals surface area contributed by atoms with Crippen LogP contribution in [0.2, 0.25) is 0 Å². The number of nitrogens with zero attached hydrogens (tertiary/aromatic N) is 2. The van der Waals surface area contributed by atoms with Gasteiger partial charge in [0, 0.05) is 18.4 Å². The van der Waals surface area contributed by atoms with E-state index in [0.29, 0.717) is 6.42 Å². The summed E-state index contributed by atoms with van der Waals surface area (Å²) in [4.78, 5) is 4.27. The molecular weight excluding hydrogens is 284 g/mol. The Hall–Kier alpha value is -2.39. The van der Waals surface area contributed by atoms with Crippen molar-refractivity contribution in [2.45, 2.75) is 32.4 Å². The number of imidazole rings is 1. The first kappa shape index (κ1) is 15.5. The molecule has 0 saturated heterocycles. The highest BCUT2D eigenvalue weighted by Gasteiger charge is 2.09. The lowest BCUT2D eigenvalue weighted by Crippen LogP contribution is -2.06. The van der Waals surface area contributed by atoms with Crippen molar-refractivity contribution in [2.75, 3.05) is 0 Å². The summed E-state index contributed by atoms with van der Waals surface area (Å²) in [6.45, 7) is 2.91. The summed E-state index contributed by atoms with van der Waals surface area (Å²) in [6.07, 6.45) is 4.83. The number of hydrogen-bond acceptors (Lipinski definition) is 2. The Bertz CT molecular complexity index is 732. The Morgan fingerprint density at radius 2 is 1.78 bits per heavy atom. The standard InChI is InChI=1S/C20H22N2O/c1-16-7-9-17(10-8-16)14-22-15-21-13-19(22)11-12-20(23)18-5-3-2-4-6-18/h2-10,13,15,20,23H,11-12,14H2,1H3. The van der Waals surface area contributed by atoms with E-state index in [0.717, 1.165) is 24.2 Å². The molecule has 3 heteroatoms. The summed E-state index contributed by atoms with van der Waals surface area (Å²) in [5.41, 5.74) is 4.65. The van der Waals surface area contributed by atoms with Gasteiger partial charge in [0.1, 0.15) is 0 Å². The maximum atomic E-state index is 10.3. The van der Waals surface area contributed by atoms with Crippen LogP contribution in [0.25, 0.3) is 0 Å². The molecule has 1 aromatic heterocycles. The summed E-state index contributed by atoms with van der Waals surface area (Å²) in [7, 11) is 0. The van der Waals surface area contributed by atoms with Crippen LogP contribution in [-0.2, 0) is 13.0 Å². The molecule has 3 aromatic rings. The topological polar surface area (TPSA) is 38.0 Å². The zero-order valence-electron chi connectivity index (χ0n) is 13.4. The van der Waals surface area contributed by atoms with Crippen LogP contribution in [-0.4, -0.2) is 14.7 Å². The maximum Gasteiger partial charge on any atom is 0.0951 e. The summed E-state index contributed by atoms with van der Waals surface area (Å²) in [5.74, 6) is 0. The van der Waals surface area contributed by atoms with Crippen molar-refractivity contribution < 1.29 is 5.11 Å². The van der Waals surface area contributed by atoms with E-state index in [1.165, 1.54) is 11.1 Å². The molecule has 0 aliphatic rings. The summed E-state index contributed by atoms with van der Waals surface area (Å²) < 4.78 is 2.16. The van der Waals surface area contributed by atoms with Gasteiger partial charge >= 0.3 is 0 Å². The number of aliphatic hydroxyl groups is 1. The number of aliphatic hydroxyl groups excluding tert-OH is 1. The van der Waals surface area contributed by atoms with Crippen molar-refractivity contribution in [2.24, 2.45) is 0 Å². The first-order valence-electron chi connectivity index (χ1n) is 8.00. The molecule has 1 heterocycles. The first-order chi connectivity index (χ1) is 11.2. The number of rotatable bonds is 6. The Morgan fingerprint density at radius 1 is 1.04 bits per heavy atom. The molecule has 0 aliphatic carbocycles. The van der Waals surface area contributed by atoms with Crippen molar-refractivity contribution in [1.82, 2.24) is 9.55 Å². The van der Waals surface area contributed by atoms with Gasteiger partial charge in [0.2, 0.25) is 0 Å². The first-order valence-corrected chi connectivity index (χ1v) is 8.00. The predicted molar refractivity (Wildman–Crippen MR) is 92.2 cm³/mol. The molecule has 0 bridgehead atoms. The smallest absolute Gasteiger partial charge is 0.0951 e. The minimum Gasteiger partial charge on any atom is -0.388 e. The van der Waals surface area contributed by atoms with Gasteiger partial charge in [0.15, 0.2) is 0 Å². The zero-order valence-corrected chi connectivity index (χ0v) is 13.4. The van der Waals surface area contributed by atoms with E-state index in [1.54, 1.807) is 0 Å². The Balaban J connectivity index is 1.63. The minimum atomic E-state index is -0.432. The molecule has 3 rings (SSSR count). The molecule has 1 N–H and O–H groups in total. The van der Waals surface area contributed by atoms with Crippen molar-refractivity contribution >= 4 is 0 Å². The number of aromatic nitrogens is 2. The molecule has 1 unspecified atom stereocenters. The molecule has 0 fully saturated rings. The van der Waals surface area contributed by atoms with Crippen LogP contribution in [0.4, 0.5) is 0 Å². The monoisotopic (exact) mass is 306 g/mol. The van der Waals surface area contributed by atoms with Crippen LogP contribution in [0.5, 0.6) is 0 Å². The zero-order chi connectivity index (χ0) is 16.1. The van der Waals surface area contributed by atoms with Crippen LogP contribution in [0.15, 0.2) is 67.1 Å². The molecule has 0 amide bonds. The fraction of sp³-hybridized carbons (Fsp3) is 0.250. The van der Waals surface area contributed by atoms with E-state index in [4.69, 9.17) is 0 Å². The van der Waals surface area contributed by atoms with Crippen molar-refractivity contribution in [3.8, 4) is 0 Å². The highest BCUT2D eigenvalue weighted by atomic mass is 16.3. The molecule has 0 aliphatic heterocycles. The molecule has 1 atom stereocenters. The van der Waals surface area contributed by atoms with Crippen LogP contribution in [0.3, 0.4) is 0 Å². The highest BCUT2D eigenvalue weighted by molar-refractivity contribution is 5.22. The Kier molecular flexibility index (Phi) is 4.89. The fourth-order valence-electron chi connectivity index (χ4n) is 2.72. The summed E-state index contributed by atoms with van der Waals surface area (Å²) in [5, 5.41) is 10.3. The van der Waals surface area contributed by atoms with Crippen LogP contribution in [0.1, 0.15) is 34.9 Å². The van der Waals surface area contributed by atoms with E-state index in [2.05, 4.69) is 40.7 Å². The van der Waals surface area contributed by atoms with Gasteiger partial charge in [-0.15, -0.1) is 0 Å². The van der Waals surface area contributed by atoms with Crippen LogP contribution < -0.4 is 0 Å². The van der Waals surface area contributed by atoms with Crippen molar-refractivity contribution in [3.63, 3.8) is 0 Å². The van der Waals surface area contributed by atoms with E-state index in [9.17, 15) is 5.11 Å². The van der Waals surface area contributed by atoms with Crippen LogP contribution in [0, 0.1) is 6.92 Å².